The molecule has 2 aromatic rings. The van der Waals surface area contributed by atoms with E-state index in [4.69, 9.17) is 4.74 Å². The van der Waals surface area contributed by atoms with Gasteiger partial charge in [-0.25, -0.2) is 5.43 Å². The summed E-state index contributed by atoms with van der Waals surface area (Å²) in [5.41, 5.74) is 3.81. The van der Waals surface area contributed by atoms with Gasteiger partial charge in [-0.1, -0.05) is 38.1 Å². The van der Waals surface area contributed by atoms with Crippen LogP contribution in [0.3, 0.4) is 0 Å². The highest BCUT2D eigenvalue weighted by Gasteiger charge is 2.12. The number of nitrogens with zero attached hydrogens (tertiary/aromatic N) is 1. The molecule has 0 heterocycles. The molecule has 0 bridgehead atoms. The van der Waals surface area contributed by atoms with Gasteiger partial charge in [-0.2, -0.15) is 5.10 Å². The Morgan fingerprint density at radius 2 is 1.69 bits per heavy atom. The average molecular weight is 396 g/mol. The van der Waals surface area contributed by atoms with E-state index < -0.39 is 17.8 Å². The maximum absolute atomic E-state index is 11.6. The molecule has 2 rings (SSSR count). The van der Waals surface area contributed by atoms with Crippen LogP contribution in [0.15, 0.2) is 53.6 Å². The van der Waals surface area contributed by atoms with Crippen LogP contribution in [-0.4, -0.2) is 30.5 Å². The highest BCUT2D eigenvalue weighted by Crippen LogP contribution is 2.14. The van der Waals surface area contributed by atoms with Crippen LogP contribution in [0, 0.1) is 5.92 Å². The van der Waals surface area contributed by atoms with E-state index in [2.05, 4.69) is 15.8 Å². The number of carboxylic acids is 1. The van der Waals surface area contributed by atoms with E-state index in [1.807, 2.05) is 13.8 Å². The van der Waals surface area contributed by atoms with Crippen LogP contribution in [0.25, 0.3) is 0 Å². The lowest BCUT2D eigenvalue weighted by Gasteiger charge is -2.08. The van der Waals surface area contributed by atoms with Crippen molar-refractivity contribution in [2.45, 2.75) is 20.5 Å². The highest BCUT2D eigenvalue weighted by atomic mass is 16.5. The summed E-state index contributed by atoms with van der Waals surface area (Å²) in [7, 11) is 0. The van der Waals surface area contributed by atoms with Crippen molar-refractivity contribution in [2.75, 3.05) is 6.54 Å². The molecular formula is C21H22N3O5-. The van der Waals surface area contributed by atoms with Gasteiger partial charge in [0.15, 0.2) is 0 Å². The van der Waals surface area contributed by atoms with Crippen molar-refractivity contribution < 1.29 is 24.2 Å². The number of rotatable bonds is 8. The first kappa shape index (κ1) is 21.6. The lowest BCUT2D eigenvalue weighted by Crippen LogP contribution is -2.39. The molecule has 8 nitrogen and oxygen atoms in total. The molecule has 0 spiro atoms. The summed E-state index contributed by atoms with van der Waals surface area (Å²) in [6.07, 6.45) is 1.41. The van der Waals surface area contributed by atoms with Crippen molar-refractivity contribution in [2.24, 2.45) is 11.0 Å². The molecule has 0 atom stereocenters. The Labute approximate surface area is 168 Å². The Kier molecular flexibility index (Phi) is 7.90. The van der Waals surface area contributed by atoms with Gasteiger partial charge in [-0.15, -0.1) is 0 Å². The zero-order chi connectivity index (χ0) is 21.2. The summed E-state index contributed by atoms with van der Waals surface area (Å²) < 4.78 is 5.64. The van der Waals surface area contributed by atoms with Gasteiger partial charge in [0.05, 0.1) is 12.2 Å². The number of hydrazone groups is 1. The summed E-state index contributed by atoms with van der Waals surface area (Å²) in [5.74, 6) is -1.92. The predicted molar refractivity (Wildman–Crippen MR) is 105 cm³/mol. The topological polar surface area (TPSA) is 120 Å². The Balaban J connectivity index is 1.80. The number of carbonyl (C=O) groups is 3. The first-order chi connectivity index (χ1) is 13.8. The standard InChI is InChI=1S/C21H23N3O5/c1-14(2)11-22-19(25)20(26)24-23-12-15-5-9-18(10-6-15)29-13-16-3-7-17(8-4-16)21(27)28/h3-10,12,14H,11,13H2,1-2H3,(H,22,25)(H,24,26)(H,27,28)/p-1/b23-12-. The van der Waals surface area contributed by atoms with Crippen molar-refractivity contribution >= 4 is 24.0 Å². The predicted octanol–water partition coefficient (Wildman–Crippen LogP) is 0.851. The van der Waals surface area contributed by atoms with Crippen LogP contribution in [0.4, 0.5) is 0 Å². The number of benzene rings is 2. The molecular weight excluding hydrogens is 374 g/mol. The number of aromatic carboxylic acids is 1. The molecule has 0 aliphatic carbocycles. The number of hydrogen-bond donors (Lipinski definition) is 2. The lowest BCUT2D eigenvalue weighted by atomic mass is 10.1. The fourth-order valence-corrected chi connectivity index (χ4v) is 2.15. The molecule has 8 heteroatoms. The minimum atomic E-state index is -1.22. The third kappa shape index (κ3) is 7.45. The third-order valence-electron chi connectivity index (χ3n) is 3.73. The number of ether oxygens (including phenoxy) is 1. The van der Waals surface area contributed by atoms with E-state index in [-0.39, 0.29) is 18.1 Å². The zero-order valence-corrected chi connectivity index (χ0v) is 16.2. The number of carboxylic acid groups (broad SMARTS) is 1. The van der Waals surface area contributed by atoms with Crippen LogP contribution < -0.4 is 20.6 Å². The first-order valence-corrected chi connectivity index (χ1v) is 8.99. The fraction of sp³-hybridized carbons (Fsp3) is 0.238. The van der Waals surface area contributed by atoms with Gasteiger partial charge in [0, 0.05) is 6.54 Å². The smallest absolute Gasteiger partial charge is 0.329 e. The minimum absolute atomic E-state index is 0.113. The Hall–Kier alpha value is -3.68. The maximum Gasteiger partial charge on any atom is 0.329 e. The summed E-state index contributed by atoms with van der Waals surface area (Å²) in [5, 5.41) is 17.0. The van der Waals surface area contributed by atoms with E-state index in [0.717, 1.165) is 5.56 Å². The van der Waals surface area contributed by atoms with E-state index >= 15 is 0 Å². The van der Waals surface area contributed by atoms with E-state index in [9.17, 15) is 19.5 Å². The van der Waals surface area contributed by atoms with Crippen molar-refractivity contribution in [3.8, 4) is 5.75 Å². The lowest BCUT2D eigenvalue weighted by molar-refractivity contribution is -0.255. The quantitative estimate of drug-likeness (QED) is 0.389. The maximum atomic E-state index is 11.6. The number of hydrogen-bond acceptors (Lipinski definition) is 6. The van der Waals surface area contributed by atoms with Crippen molar-refractivity contribution in [1.82, 2.24) is 10.7 Å². The van der Waals surface area contributed by atoms with E-state index in [1.165, 1.54) is 18.3 Å². The van der Waals surface area contributed by atoms with Gasteiger partial charge in [0.2, 0.25) is 0 Å². The molecule has 2 aromatic carbocycles. The third-order valence-corrected chi connectivity index (χ3v) is 3.73. The van der Waals surface area contributed by atoms with Crippen molar-refractivity contribution in [3.05, 3.63) is 65.2 Å². The number of carbonyl (C=O) groups excluding carboxylic acids is 3. The van der Waals surface area contributed by atoms with Gasteiger partial charge in [-0.3, -0.25) is 9.59 Å². The summed E-state index contributed by atoms with van der Waals surface area (Å²) in [4.78, 5) is 33.8. The van der Waals surface area contributed by atoms with E-state index in [1.54, 1.807) is 36.4 Å². The highest BCUT2D eigenvalue weighted by molar-refractivity contribution is 6.35. The van der Waals surface area contributed by atoms with Crippen LogP contribution in [0.5, 0.6) is 5.75 Å². The van der Waals surface area contributed by atoms with E-state index in [0.29, 0.717) is 17.9 Å². The number of nitrogens with one attached hydrogen (secondary N) is 2. The molecule has 0 saturated heterocycles. The Bertz CT molecular complexity index is 874. The van der Waals surface area contributed by atoms with Crippen molar-refractivity contribution in [1.29, 1.82) is 0 Å². The van der Waals surface area contributed by atoms with Crippen LogP contribution in [0.1, 0.15) is 35.3 Å². The van der Waals surface area contributed by atoms with Crippen LogP contribution in [0.2, 0.25) is 0 Å². The normalized spacial score (nSPS) is 10.7. The monoisotopic (exact) mass is 396 g/mol. The molecule has 152 valence electrons. The van der Waals surface area contributed by atoms with Gasteiger partial charge in [0.25, 0.3) is 0 Å². The minimum Gasteiger partial charge on any atom is -0.545 e. The summed E-state index contributed by atoms with van der Waals surface area (Å²) >= 11 is 0. The van der Waals surface area contributed by atoms with Gasteiger partial charge in [0.1, 0.15) is 12.4 Å². The molecule has 2 N–H and O–H groups in total. The summed E-state index contributed by atoms with van der Waals surface area (Å²) in [6.45, 7) is 4.55. The second-order valence-corrected chi connectivity index (χ2v) is 6.65. The van der Waals surface area contributed by atoms with Crippen LogP contribution in [-0.2, 0) is 16.2 Å². The molecule has 0 aliphatic rings. The van der Waals surface area contributed by atoms with Gasteiger partial charge in [-0.05, 0) is 46.9 Å². The molecule has 0 unspecified atom stereocenters. The van der Waals surface area contributed by atoms with Gasteiger partial charge < -0.3 is 20.0 Å². The zero-order valence-electron chi connectivity index (χ0n) is 16.2. The molecule has 0 aromatic heterocycles. The van der Waals surface area contributed by atoms with Crippen molar-refractivity contribution in [3.63, 3.8) is 0 Å². The second-order valence-electron chi connectivity index (χ2n) is 6.65. The fourth-order valence-electron chi connectivity index (χ4n) is 2.15. The van der Waals surface area contributed by atoms with Gasteiger partial charge >= 0.3 is 11.8 Å². The molecule has 0 aliphatic heterocycles. The number of amides is 2. The molecule has 2 amide bonds. The molecule has 0 saturated carbocycles. The molecule has 29 heavy (non-hydrogen) atoms. The largest absolute Gasteiger partial charge is 0.545 e. The van der Waals surface area contributed by atoms with Crippen LogP contribution >= 0.6 is 0 Å². The Morgan fingerprint density at radius 1 is 1.03 bits per heavy atom. The summed E-state index contributed by atoms with van der Waals surface area (Å²) in [6, 6.07) is 13.2. The molecule has 0 fully saturated rings. The molecule has 0 radical (unpaired) electrons. The SMILES string of the molecule is CC(C)CNC(=O)C(=O)N/N=C\c1ccc(OCc2ccc(C(=O)[O-])cc2)cc1. The first-order valence-electron chi connectivity index (χ1n) is 8.99. The second kappa shape index (κ2) is 10.6. The average Bonchev–Trinajstić information content (AvgIpc) is 2.71. The Morgan fingerprint density at radius 3 is 2.28 bits per heavy atom.